The molecule has 2 aromatic rings. The minimum atomic E-state index is 0.0588. The molecular formula is C17H18N2O3. The lowest BCUT2D eigenvalue weighted by Crippen LogP contribution is -2.19. The molecule has 5 heteroatoms. The van der Waals surface area contributed by atoms with Gasteiger partial charge in [-0.2, -0.15) is 0 Å². The van der Waals surface area contributed by atoms with Gasteiger partial charge in [0.2, 0.25) is 0 Å². The second-order valence-corrected chi connectivity index (χ2v) is 5.35. The molecule has 1 aliphatic rings. The van der Waals surface area contributed by atoms with E-state index in [4.69, 9.17) is 9.47 Å². The lowest BCUT2D eigenvalue weighted by atomic mass is 9.93. The van der Waals surface area contributed by atoms with Crippen molar-refractivity contribution in [3.63, 3.8) is 0 Å². The predicted molar refractivity (Wildman–Crippen MR) is 81.0 cm³/mol. The monoisotopic (exact) mass is 298 g/mol. The molecule has 1 saturated heterocycles. The minimum absolute atomic E-state index is 0.0588. The third-order valence-corrected chi connectivity index (χ3v) is 3.70. The maximum absolute atomic E-state index is 12.3. The van der Waals surface area contributed by atoms with E-state index in [1.807, 2.05) is 6.07 Å². The number of pyridine rings is 2. The van der Waals surface area contributed by atoms with Gasteiger partial charge in [-0.1, -0.05) is 0 Å². The molecule has 0 aromatic carbocycles. The highest BCUT2D eigenvalue weighted by Gasteiger charge is 2.19. The molecule has 3 heterocycles. The summed E-state index contributed by atoms with van der Waals surface area (Å²) < 4.78 is 11.0. The molecule has 114 valence electrons. The Balaban J connectivity index is 1.66. The van der Waals surface area contributed by atoms with Crippen molar-refractivity contribution in [3.8, 4) is 11.5 Å². The Morgan fingerprint density at radius 3 is 2.86 bits per heavy atom. The highest BCUT2D eigenvalue weighted by molar-refractivity contribution is 5.94. The number of rotatable bonds is 5. The normalized spacial score (nSPS) is 15.5. The van der Waals surface area contributed by atoms with Gasteiger partial charge >= 0.3 is 0 Å². The van der Waals surface area contributed by atoms with E-state index in [-0.39, 0.29) is 5.78 Å². The van der Waals surface area contributed by atoms with E-state index in [0.29, 0.717) is 29.5 Å². The molecular weight excluding hydrogens is 280 g/mol. The van der Waals surface area contributed by atoms with Crippen LogP contribution in [0.25, 0.3) is 0 Å². The van der Waals surface area contributed by atoms with Crippen molar-refractivity contribution in [1.82, 2.24) is 9.97 Å². The third-order valence-electron chi connectivity index (χ3n) is 3.70. The van der Waals surface area contributed by atoms with Crippen molar-refractivity contribution in [2.75, 3.05) is 13.2 Å². The second-order valence-electron chi connectivity index (χ2n) is 5.35. The zero-order chi connectivity index (χ0) is 15.2. The summed E-state index contributed by atoms with van der Waals surface area (Å²) in [5.74, 6) is 1.68. The lowest BCUT2D eigenvalue weighted by molar-refractivity contribution is 0.0599. The molecule has 0 N–H and O–H groups in total. The third kappa shape index (κ3) is 3.89. The first-order valence-corrected chi connectivity index (χ1v) is 7.46. The van der Waals surface area contributed by atoms with Crippen LogP contribution in [0.3, 0.4) is 0 Å². The quantitative estimate of drug-likeness (QED) is 0.793. The molecule has 0 amide bonds. The molecule has 0 unspecified atom stereocenters. The lowest BCUT2D eigenvalue weighted by Gasteiger charge is -2.21. The summed E-state index contributed by atoms with van der Waals surface area (Å²) in [5.41, 5.74) is 0.452. The highest BCUT2D eigenvalue weighted by atomic mass is 16.5. The van der Waals surface area contributed by atoms with E-state index in [1.165, 1.54) is 0 Å². The van der Waals surface area contributed by atoms with Gasteiger partial charge in [-0.15, -0.1) is 0 Å². The van der Waals surface area contributed by atoms with Crippen molar-refractivity contribution in [3.05, 3.63) is 48.5 Å². The standard InChI is InChI=1S/C17H18N2O3/c20-17(10-13-4-8-21-9-5-13)16-11-14(3-7-19-16)22-15-2-1-6-18-12-15/h1-3,6-7,11-13H,4-5,8-10H2. The Hall–Kier alpha value is -2.27. The Labute approximate surface area is 129 Å². The molecule has 5 nitrogen and oxygen atoms in total. The van der Waals surface area contributed by atoms with Gasteiger partial charge in [0.25, 0.3) is 0 Å². The number of ketones is 1. The fraction of sp³-hybridized carbons (Fsp3) is 0.353. The van der Waals surface area contributed by atoms with E-state index in [0.717, 1.165) is 26.1 Å². The van der Waals surface area contributed by atoms with Gasteiger partial charge in [0, 0.05) is 38.1 Å². The first-order chi connectivity index (χ1) is 10.8. The van der Waals surface area contributed by atoms with E-state index in [1.54, 1.807) is 36.8 Å². The molecule has 2 aromatic heterocycles. The second kappa shape index (κ2) is 7.13. The largest absolute Gasteiger partial charge is 0.456 e. The van der Waals surface area contributed by atoms with Crippen molar-refractivity contribution in [2.45, 2.75) is 19.3 Å². The van der Waals surface area contributed by atoms with Gasteiger partial charge < -0.3 is 9.47 Å². The Kier molecular flexibility index (Phi) is 4.75. The Bertz CT molecular complexity index is 625. The van der Waals surface area contributed by atoms with Gasteiger partial charge in [-0.25, -0.2) is 0 Å². The summed E-state index contributed by atoms with van der Waals surface area (Å²) in [4.78, 5) is 20.5. The fourth-order valence-electron chi connectivity index (χ4n) is 2.49. The van der Waals surface area contributed by atoms with Gasteiger partial charge in [-0.3, -0.25) is 14.8 Å². The van der Waals surface area contributed by atoms with E-state index in [9.17, 15) is 4.79 Å². The van der Waals surface area contributed by atoms with Crippen molar-refractivity contribution in [1.29, 1.82) is 0 Å². The summed E-state index contributed by atoms with van der Waals surface area (Å²) in [5, 5.41) is 0. The van der Waals surface area contributed by atoms with Crippen LogP contribution in [0.4, 0.5) is 0 Å². The number of ether oxygens (including phenoxy) is 2. The number of hydrogen-bond donors (Lipinski definition) is 0. The van der Waals surface area contributed by atoms with Gasteiger partial charge in [0.05, 0.1) is 6.20 Å². The molecule has 0 saturated carbocycles. The van der Waals surface area contributed by atoms with Crippen LogP contribution in [0.15, 0.2) is 42.9 Å². The Morgan fingerprint density at radius 2 is 2.09 bits per heavy atom. The maximum atomic E-state index is 12.3. The number of carbonyl (C=O) groups excluding carboxylic acids is 1. The SMILES string of the molecule is O=C(CC1CCOCC1)c1cc(Oc2cccnc2)ccn1. The number of aromatic nitrogens is 2. The topological polar surface area (TPSA) is 61.3 Å². The van der Waals surface area contributed by atoms with Crippen LogP contribution in [-0.4, -0.2) is 29.0 Å². The zero-order valence-electron chi connectivity index (χ0n) is 12.3. The zero-order valence-corrected chi connectivity index (χ0v) is 12.3. The van der Waals surface area contributed by atoms with Crippen LogP contribution in [0.2, 0.25) is 0 Å². The molecule has 0 spiro atoms. The molecule has 0 bridgehead atoms. The van der Waals surface area contributed by atoms with Crippen LogP contribution in [0, 0.1) is 5.92 Å². The van der Waals surface area contributed by atoms with Crippen LogP contribution >= 0.6 is 0 Å². The fourth-order valence-corrected chi connectivity index (χ4v) is 2.49. The van der Waals surface area contributed by atoms with Crippen LogP contribution in [0.1, 0.15) is 29.8 Å². The highest BCUT2D eigenvalue weighted by Crippen LogP contribution is 2.23. The average molecular weight is 298 g/mol. The van der Waals surface area contributed by atoms with Gasteiger partial charge in [0.1, 0.15) is 17.2 Å². The van der Waals surface area contributed by atoms with Crippen molar-refractivity contribution >= 4 is 5.78 Å². The van der Waals surface area contributed by atoms with Gasteiger partial charge in [0.15, 0.2) is 5.78 Å². The maximum Gasteiger partial charge on any atom is 0.181 e. The molecule has 22 heavy (non-hydrogen) atoms. The van der Waals surface area contributed by atoms with E-state index < -0.39 is 0 Å². The van der Waals surface area contributed by atoms with Crippen LogP contribution in [0.5, 0.6) is 11.5 Å². The Morgan fingerprint density at radius 1 is 1.23 bits per heavy atom. The summed E-state index contributed by atoms with van der Waals surface area (Å²) in [6.07, 6.45) is 7.32. The predicted octanol–water partition coefficient (Wildman–Crippen LogP) is 3.27. The summed E-state index contributed by atoms with van der Waals surface area (Å²) in [6, 6.07) is 7.04. The molecule has 1 aliphatic heterocycles. The molecule has 0 aliphatic carbocycles. The number of Topliss-reactive ketones (excluding diaryl/α,β-unsaturated/α-hetero) is 1. The molecule has 1 fully saturated rings. The van der Waals surface area contributed by atoms with E-state index >= 15 is 0 Å². The summed E-state index contributed by atoms with van der Waals surface area (Å²) in [6.45, 7) is 1.49. The summed E-state index contributed by atoms with van der Waals surface area (Å²) >= 11 is 0. The van der Waals surface area contributed by atoms with Gasteiger partial charge in [-0.05, 0) is 37.0 Å². The molecule has 0 atom stereocenters. The molecule has 0 radical (unpaired) electrons. The first-order valence-electron chi connectivity index (χ1n) is 7.46. The van der Waals surface area contributed by atoms with Crippen LogP contribution < -0.4 is 4.74 Å². The van der Waals surface area contributed by atoms with Crippen molar-refractivity contribution < 1.29 is 14.3 Å². The minimum Gasteiger partial charge on any atom is -0.456 e. The summed E-state index contributed by atoms with van der Waals surface area (Å²) in [7, 11) is 0. The number of hydrogen-bond acceptors (Lipinski definition) is 5. The number of carbonyl (C=O) groups is 1. The smallest absolute Gasteiger partial charge is 0.181 e. The van der Waals surface area contributed by atoms with Crippen LogP contribution in [-0.2, 0) is 4.74 Å². The average Bonchev–Trinajstić information content (AvgIpc) is 2.57. The number of nitrogens with zero attached hydrogens (tertiary/aromatic N) is 2. The van der Waals surface area contributed by atoms with Crippen molar-refractivity contribution in [2.24, 2.45) is 5.92 Å². The first kappa shape index (κ1) is 14.7. The molecule has 3 rings (SSSR count). The van der Waals surface area contributed by atoms with E-state index in [2.05, 4.69) is 9.97 Å².